The molecule has 0 bridgehead atoms. The van der Waals surface area contributed by atoms with Gasteiger partial charge < -0.3 is 5.73 Å². The van der Waals surface area contributed by atoms with E-state index in [0.29, 0.717) is 12.5 Å². The highest BCUT2D eigenvalue weighted by molar-refractivity contribution is 6.30. The molecular formula is C14H15ClN2. The smallest absolute Gasteiger partial charge is 0.0408 e. The summed E-state index contributed by atoms with van der Waals surface area (Å²) in [4.78, 5) is 4.02. The third-order valence-electron chi connectivity index (χ3n) is 2.83. The maximum absolute atomic E-state index is 5.98. The number of hydrogen-bond acceptors (Lipinski definition) is 2. The van der Waals surface area contributed by atoms with Gasteiger partial charge in [0, 0.05) is 23.3 Å². The average molecular weight is 247 g/mol. The Hall–Kier alpha value is -1.38. The molecule has 1 aromatic heterocycles. The SMILES string of the molecule is NCC(Cc1cccc(Cl)c1)c1ccncc1. The number of nitrogens with two attached hydrogens (primary N) is 1. The quantitative estimate of drug-likeness (QED) is 0.901. The van der Waals surface area contributed by atoms with Gasteiger partial charge in [0.1, 0.15) is 0 Å². The van der Waals surface area contributed by atoms with Crippen LogP contribution in [0.3, 0.4) is 0 Å². The Kier molecular flexibility index (Phi) is 4.13. The molecule has 88 valence electrons. The summed E-state index contributed by atoms with van der Waals surface area (Å²) < 4.78 is 0. The summed E-state index contributed by atoms with van der Waals surface area (Å²) >= 11 is 5.98. The fourth-order valence-electron chi connectivity index (χ4n) is 1.92. The number of hydrogen-bond donors (Lipinski definition) is 1. The van der Waals surface area contributed by atoms with Gasteiger partial charge in [-0.25, -0.2) is 0 Å². The Morgan fingerprint density at radius 2 is 1.94 bits per heavy atom. The molecule has 2 aromatic rings. The molecule has 3 heteroatoms. The van der Waals surface area contributed by atoms with Gasteiger partial charge in [0.2, 0.25) is 0 Å². The maximum atomic E-state index is 5.98. The molecule has 0 spiro atoms. The average Bonchev–Trinajstić information content (AvgIpc) is 2.37. The lowest BCUT2D eigenvalue weighted by Gasteiger charge is -2.15. The normalized spacial score (nSPS) is 12.4. The molecule has 0 saturated heterocycles. The van der Waals surface area contributed by atoms with Crippen molar-refractivity contribution in [3.8, 4) is 0 Å². The first kappa shape index (κ1) is 12.1. The first-order valence-corrected chi connectivity index (χ1v) is 6.02. The van der Waals surface area contributed by atoms with Crippen LogP contribution in [0, 0.1) is 0 Å². The summed E-state index contributed by atoms with van der Waals surface area (Å²) in [7, 11) is 0. The summed E-state index contributed by atoms with van der Waals surface area (Å²) in [5.41, 5.74) is 8.27. The van der Waals surface area contributed by atoms with Gasteiger partial charge in [0.05, 0.1) is 0 Å². The van der Waals surface area contributed by atoms with Crippen molar-refractivity contribution in [2.75, 3.05) is 6.54 Å². The van der Waals surface area contributed by atoms with Crippen LogP contribution >= 0.6 is 11.6 Å². The Morgan fingerprint density at radius 3 is 2.59 bits per heavy atom. The van der Waals surface area contributed by atoms with Crippen LogP contribution in [0.4, 0.5) is 0 Å². The van der Waals surface area contributed by atoms with Crippen molar-refractivity contribution in [2.45, 2.75) is 12.3 Å². The van der Waals surface area contributed by atoms with E-state index >= 15 is 0 Å². The van der Waals surface area contributed by atoms with Crippen molar-refractivity contribution in [2.24, 2.45) is 5.73 Å². The van der Waals surface area contributed by atoms with Gasteiger partial charge >= 0.3 is 0 Å². The van der Waals surface area contributed by atoms with Gasteiger partial charge in [-0.1, -0.05) is 23.7 Å². The molecule has 1 heterocycles. The standard InChI is InChI=1S/C14H15ClN2/c15-14-3-1-2-11(9-14)8-13(10-16)12-4-6-17-7-5-12/h1-7,9,13H,8,10,16H2. The van der Waals surface area contributed by atoms with E-state index in [2.05, 4.69) is 11.1 Å². The molecule has 2 rings (SSSR count). The number of rotatable bonds is 4. The Balaban J connectivity index is 2.16. The van der Waals surface area contributed by atoms with Crippen molar-refractivity contribution < 1.29 is 0 Å². The van der Waals surface area contributed by atoms with Crippen LogP contribution in [-0.2, 0) is 6.42 Å². The largest absolute Gasteiger partial charge is 0.330 e. The van der Waals surface area contributed by atoms with E-state index in [-0.39, 0.29) is 0 Å². The van der Waals surface area contributed by atoms with Crippen molar-refractivity contribution in [3.05, 3.63) is 64.9 Å². The van der Waals surface area contributed by atoms with Gasteiger partial charge in [-0.05, 0) is 48.4 Å². The van der Waals surface area contributed by atoms with Gasteiger partial charge in [-0.2, -0.15) is 0 Å². The summed E-state index contributed by atoms with van der Waals surface area (Å²) in [5.74, 6) is 0.316. The molecule has 1 atom stereocenters. The molecule has 0 aliphatic carbocycles. The molecule has 2 N–H and O–H groups in total. The summed E-state index contributed by atoms with van der Waals surface area (Å²) in [6, 6.07) is 12.0. The monoisotopic (exact) mass is 246 g/mol. The predicted molar refractivity (Wildman–Crippen MR) is 71.2 cm³/mol. The number of halogens is 1. The van der Waals surface area contributed by atoms with Gasteiger partial charge in [-0.3, -0.25) is 4.98 Å². The number of aromatic nitrogens is 1. The van der Waals surface area contributed by atoms with Crippen LogP contribution < -0.4 is 5.73 Å². The van der Waals surface area contributed by atoms with Crippen LogP contribution in [0.15, 0.2) is 48.8 Å². The lowest BCUT2D eigenvalue weighted by Crippen LogP contribution is -2.15. The highest BCUT2D eigenvalue weighted by Crippen LogP contribution is 2.21. The zero-order valence-corrected chi connectivity index (χ0v) is 10.3. The van der Waals surface area contributed by atoms with Crippen LogP contribution in [0.25, 0.3) is 0 Å². The van der Waals surface area contributed by atoms with Crippen LogP contribution in [0.5, 0.6) is 0 Å². The van der Waals surface area contributed by atoms with E-state index in [4.69, 9.17) is 17.3 Å². The minimum absolute atomic E-state index is 0.316. The first-order chi connectivity index (χ1) is 8.29. The lowest BCUT2D eigenvalue weighted by atomic mass is 9.93. The molecule has 0 fully saturated rings. The van der Waals surface area contributed by atoms with Crippen molar-refractivity contribution in [1.29, 1.82) is 0 Å². The molecule has 0 aliphatic rings. The molecule has 1 aromatic carbocycles. The van der Waals surface area contributed by atoms with E-state index < -0.39 is 0 Å². The van der Waals surface area contributed by atoms with E-state index in [1.807, 2.05) is 30.3 Å². The highest BCUT2D eigenvalue weighted by Gasteiger charge is 2.10. The van der Waals surface area contributed by atoms with Gasteiger partial charge in [0.25, 0.3) is 0 Å². The Labute approximate surface area is 106 Å². The molecular weight excluding hydrogens is 232 g/mol. The highest BCUT2D eigenvalue weighted by atomic mass is 35.5. The minimum atomic E-state index is 0.316. The number of benzene rings is 1. The predicted octanol–water partition coefficient (Wildman–Crippen LogP) is 3.02. The summed E-state index contributed by atoms with van der Waals surface area (Å²) in [6.45, 7) is 0.622. The van der Waals surface area contributed by atoms with Crippen molar-refractivity contribution >= 4 is 11.6 Å². The van der Waals surface area contributed by atoms with Gasteiger partial charge in [-0.15, -0.1) is 0 Å². The molecule has 0 amide bonds. The maximum Gasteiger partial charge on any atom is 0.0408 e. The molecule has 1 unspecified atom stereocenters. The Morgan fingerprint density at radius 1 is 1.18 bits per heavy atom. The van der Waals surface area contributed by atoms with Gasteiger partial charge in [0.15, 0.2) is 0 Å². The van der Waals surface area contributed by atoms with Crippen molar-refractivity contribution in [3.63, 3.8) is 0 Å². The molecule has 0 radical (unpaired) electrons. The topological polar surface area (TPSA) is 38.9 Å². The van der Waals surface area contributed by atoms with Crippen LogP contribution in [0.2, 0.25) is 5.02 Å². The third-order valence-corrected chi connectivity index (χ3v) is 3.07. The second-order valence-corrected chi connectivity index (χ2v) is 4.48. The lowest BCUT2D eigenvalue weighted by molar-refractivity contribution is 0.693. The second kappa shape index (κ2) is 5.80. The number of nitrogens with zero attached hydrogens (tertiary/aromatic N) is 1. The van der Waals surface area contributed by atoms with E-state index in [1.54, 1.807) is 12.4 Å². The zero-order valence-electron chi connectivity index (χ0n) is 9.51. The fourth-order valence-corrected chi connectivity index (χ4v) is 2.13. The van der Waals surface area contributed by atoms with Crippen LogP contribution in [-0.4, -0.2) is 11.5 Å². The first-order valence-electron chi connectivity index (χ1n) is 5.64. The number of pyridine rings is 1. The van der Waals surface area contributed by atoms with E-state index in [9.17, 15) is 0 Å². The van der Waals surface area contributed by atoms with E-state index in [1.165, 1.54) is 11.1 Å². The fraction of sp³-hybridized carbons (Fsp3) is 0.214. The van der Waals surface area contributed by atoms with Crippen LogP contribution in [0.1, 0.15) is 17.0 Å². The summed E-state index contributed by atoms with van der Waals surface area (Å²) in [6.07, 6.45) is 4.51. The molecule has 0 saturated carbocycles. The minimum Gasteiger partial charge on any atom is -0.330 e. The summed E-state index contributed by atoms with van der Waals surface area (Å²) in [5, 5.41) is 0.771. The molecule has 2 nitrogen and oxygen atoms in total. The van der Waals surface area contributed by atoms with E-state index in [0.717, 1.165) is 11.4 Å². The second-order valence-electron chi connectivity index (χ2n) is 4.05. The Bertz CT molecular complexity index is 471. The van der Waals surface area contributed by atoms with Crippen molar-refractivity contribution in [1.82, 2.24) is 4.98 Å². The zero-order chi connectivity index (χ0) is 12.1. The molecule has 0 aliphatic heterocycles. The molecule has 17 heavy (non-hydrogen) atoms. The third kappa shape index (κ3) is 3.29.